The van der Waals surface area contributed by atoms with Gasteiger partial charge in [-0.2, -0.15) is 0 Å². The lowest BCUT2D eigenvalue weighted by atomic mass is 9.99. The van der Waals surface area contributed by atoms with E-state index in [1.807, 2.05) is 56.0 Å². The number of hydrogen-bond donors (Lipinski definition) is 1. The molecule has 184 valence electrons. The molecular weight excluding hydrogens is 446 g/mol. The Hall–Kier alpha value is -3.39. The van der Waals surface area contributed by atoms with Crippen molar-refractivity contribution in [2.24, 2.45) is 5.92 Å². The maximum atomic E-state index is 13.1. The molecule has 2 aliphatic heterocycles. The monoisotopic (exact) mass is 477 g/mol. The van der Waals surface area contributed by atoms with Crippen LogP contribution in [0.15, 0.2) is 42.5 Å². The SMILES string of the molecule is CC(C)OC(=O)N1CC(C)N(C(=O)C2CC2)c2ccc(-c3ccc(C(=O)N4CC(O)C4)cc3)cc21. The number of anilines is 2. The highest BCUT2D eigenvalue weighted by Gasteiger charge is 2.41. The summed E-state index contributed by atoms with van der Waals surface area (Å²) < 4.78 is 5.51. The second-order valence-electron chi connectivity index (χ2n) is 10.0. The van der Waals surface area contributed by atoms with Crippen LogP contribution >= 0.6 is 0 Å². The van der Waals surface area contributed by atoms with E-state index >= 15 is 0 Å². The lowest BCUT2D eigenvalue weighted by molar-refractivity contribution is -0.120. The average molecular weight is 478 g/mol. The first-order valence-corrected chi connectivity index (χ1v) is 12.3. The minimum absolute atomic E-state index is 0.0664. The average Bonchev–Trinajstić information content (AvgIpc) is 3.66. The van der Waals surface area contributed by atoms with Gasteiger partial charge in [-0.15, -0.1) is 0 Å². The quantitative estimate of drug-likeness (QED) is 0.726. The van der Waals surface area contributed by atoms with Crippen LogP contribution in [0.4, 0.5) is 16.2 Å². The van der Waals surface area contributed by atoms with Crippen molar-refractivity contribution in [3.8, 4) is 11.1 Å². The normalized spacial score (nSPS) is 19.9. The minimum atomic E-state index is -0.437. The first-order chi connectivity index (χ1) is 16.7. The number of hydrogen-bond acceptors (Lipinski definition) is 5. The van der Waals surface area contributed by atoms with Crippen LogP contribution in [0, 0.1) is 5.92 Å². The van der Waals surface area contributed by atoms with Crippen molar-refractivity contribution in [1.82, 2.24) is 4.90 Å². The topological polar surface area (TPSA) is 90.4 Å². The number of ether oxygens (including phenoxy) is 1. The number of nitrogens with zero attached hydrogens (tertiary/aromatic N) is 3. The number of carbonyl (C=O) groups is 3. The molecule has 1 unspecified atom stereocenters. The van der Waals surface area contributed by atoms with Crippen molar-refractivity contribution >= 4 is 29.3 Å². The highest BCUT2D eigenvalue weighted by atomic mass is 16.6. The summed E-state index contributed by atoms with van der Waals surface area (Å²) in [6.07, 6.45) is 0.703. The van der Waals surface area contributed by atoms with E-state index in [1.54, 1.807) is 21.9 Å². The third-order valence-corrected chi connectivity index (χ3v) is 6.75. The third-order valence-electron chi connectivity index (χ3n) is 6.75. The van der Waals surface area contributed by atoms with Gasteiger partial charge in [0.1, 0.15) is 0 Å². The highest BCUT2D eigenvalue weighted by Crippen LogP contribution is 2.42. The number of aliphatic hydroxyl groups is 1. The van der Waals surface area contributed by atoms with Crippen LogP contribution in [0.25, 0.3) is 11.1 Å². The number of amides is 3. The Bertz CT molecular complexity index is 1150. The van der Waals surface area contributed by atoms with Gasteiger partial charge in [0.15, 0.2) is 0 Å². The zero-order valence-electron chi connectivity index (χ0n) is 20.3. The molecule has 1 saturated heterocycles. The molecule has 8 heteroatoms. The first-order valence-electron chi connectivity index (χ1n) is 12.3. The summed E-state index contributed by atoms with van der Waals surface area (Å²) >= 11 is 0. The molecule has 1 saturated carbocycles. The minimum Gasteiger partial charge on any atom is -0.446 e. The number of fused-ring (bicyclic) bond motifs is 1. The van der Waals surface area contributed by atoms with Crippen LogP contribution in [0.2, 0.25) is 0 Å². The summed E-state index contributed by atoms with van der Waals surface area (Å²) in [5.41, 5.74) is 3.70. The van der Waals surface area contributed by atoms with Gasteiger partial charge in [-0.1, -0.05) is 18.2 Å². The van der Waals surface area contributed by atoms with Gasteiger partial charge < -0.3 is 19.6 Å². The van der Waals surface area contributed by atoms with Crippen molar-refractivity contribution < 1.29 is 24.2 Å². The van der Waals surface area contributed by atoms with Crippen molar-refractivity contribution in [3.63, 3.8) is 0 Å². The summed E-state index contributed by atoms with van der Waals surface area (Å²) in [4.78, 5) is 43.7. The smallest absolute Gasteiger partial charge is 0.414 e. The van der Waals surface area contributed by atoms with E-state index in [0.29, 0.717) is 36.6 Å². The van der Waals surface area contributed by atoms with E-state index in [1.165, 1.54) is 0 Å². The third kappa shape index (κ3) is 4.50. The molecule has 3 aliphatic rings. The molecule has 2 aromatic rings. The largest absolute Gasteiger partial charge is 0.446 e. The Morgan fingerprint density at radius 2 is 1.60 bits per heavy atom. The molecular formula is C27H31N3O5. The van der Waals surface area contributed by atoms with Crippen molar-refractivity contribution in [1.29, 1.82) is 0 Å². The predicted octanol–water partition coefficient (Wildman–Crippen LogP) is 3.67. The van der Waals surface area contributed by atoms with E-state index in [4.69, 9.17) is 4.74 Å². The van der Waals surface area contributed by atoms with Gasteiger partial charge in [0.25, 0.3) is 5.91 Å². The van der Waals surface area contributed by atoms with E-state index in [0.717, 1.165) is 24.0 Å². The standard InChI is InChI=1S/C27H31N3O5/c1-16(2)35-27(34)29-13-17(3)30(26(33)20-8-9-20)23-11-10-21(12-24(23)29)18-4-6-19(7-5-18)25(32)28-14-22(31)15-28/h4-7,10-12,16-17,20,22,31H,8-9,13-15H2,1-3H3. The molecule has 8 nitrogen and oxygen atoms in total. The summed E-state index contributed by atoms with van der Waals surface area (Å²) in [6, 6.07) is 12.9. The molecule has 1 N–H and O–H groups in total. The maximum absolute atomic E-state index is 13.1. The first kappa shape index (κ1) is 23.4. The molecule has 5 rings (SSSR count). The summed E-state index contributed by atoms with van der Waals surface area (Å²) in [7, 11) is 0. The Balaban J connectivity index is 1.47. The van der Waals surface area contributed by atoms with E-state index < -0.39 is 12.2 Å². The van der Waals surface area contributed by atoms with Gasteiger partial charge in [0.05, 0.1) is 29.6 Å². The number of β-amino-alcohol motifs (C(OH)–C–C–N with tert-alkyl or cyclic N) is 1. The van der Waals surface area contributed by atoms with Gasteiger partial charge >= 0.3 is 6.09 Å². The lowest BCUT2D eigenvalue weighted by Crippen LogP contribution is -2.53. The van der Waals surface area contributed by atoms with Gasteiger partial charge in [-0.3, -0.25) is 14.5 Å². The Kier molecular flexibility index (Phi) is 6.01. The maximum Gasteiger partial charge on any atom is 0.414 e. The molecule has 1 aliphatic carbocycles. The van der Waals surface area contributed by atoms with E-state index in [-0.39, 0.29) is 29.9 Å². The Labute approximate surface area is 205 Å². The number of likely N-dealkylation sites (tertiary alicyclic amines) is 1. The molecule has 2 heterocycles. The van der Waals surface area contributed by atoms with Crippen molar-refractivity contribution in [2.45, 2.75) is 51.9 Å². The number of rotatable bonds is 4. The number of carbonyl (C=O) groups excluding carboxylic acids is 3. The fraction of sp³-hybridized carbons (Fsp3) is 0.444. The van der Waals surface area contributed by atoms with Gasteiger partial charge in [0.2, 0.25) is 5.91 Å². The van der Waals surface area contributed by atoms with Crippen LogP contribution in [-0.4, -0.2) is 65.8 Å². The van der Waals surface area contributed by atoms with Gasteiger partial charge in [0, 0.05) is 31.1 Å². The van der Waals surface area contributed by atoms with E-state index in [2.05, 4.69) is 0 Å². The Morgan fingerprint density at radius 1 is 0.943 bits per heavy atom. The second kappa shape index (κ2) is 9.00. The molecule has 0 spiro atoms. The molecule has 1 atom stereocenters. The van der Waals surface area contributed by atoms with Gasteiger partial charge in [-0.05, 0) is 69.0 Å². The summed E-state index contributed by atoms with van der Waals surface area (Å²) in [6.45, 7) is 6.67. The molecule has 0 aromatic heterocycles. The van der Waals surface area contributed by atoms with Crippen LogP contribution in [0.3, 0.4) is 0 Å². The second-order valence-corrected chi connectivity index (χ2v) is 10.0. The zero-order valence-corrected chi connectivity index (χ0v) is 20.3. The predicted molar refractivity (Wildman–Crippen MR) is 132 cm³/mol. The van der Waals surface area contributed by atoms with Crippen LogP contribution in [0.5, 0.6) is 0 Å². The molecule has 3 amide bonds. The van der Waals surface area contributed by atoms with E-state index in [9.17, 15) is 19.5 Å². The fourth-order valence-electron chi connectivity index (χ4n) is 4.71. The Morgan fingerprint density at radius 3 is 2.20 bits per heavy atom. The van der Waals surface area contributed by atoms with Gasteiger partial charge in [-0.25, -0.2) is 4.79 Å². The number of aliphatic hydroxyl groups excluding tert-OH is 1. The fourth-order valence-corrected chi connectivity index (χ4v) is 4.71. The summed E-state index contributed by atoms with van der Waals surface area (Å²) in [5, 5.41) is 9.46. The molecule has 2 fully saturated rings. The van der Waals surface area contributed by atoms with Crippen molar-refractivity contribution in [2.75, 3.05) is 29.4 Å². The highest BCUT2D eigenvalue weighted by molar-refractivity contribution is 6.05. The molecule has 0 bridgehead atoms. The van der Waals surface area contributed by atoms with Crippen LogP contribution in [0.1, 0.15) is 44.0 Å². The lowest BCUT2D eigenvalue weighted by Gasteiger charge is -2.41. The summed E-state index contributed by atoms with van der Waals surface area (Å²) in [5.74, 6) is 0.0808. The molecule has 0 radical (unpaired) electrons. The van der Waals surface area contributed by atoms with Crippen LogP contribution < -0.4 is 9.80 Å². The number of benzene rings is 2. The van der Waals surface area contributed by atoms with Crippen molar-refractivity contribution in [3.05, 3.63) is 48.0 Å². The molecule has 2 aromatic carbocycles. The molecule has 35 heavy (non-hydrogen) atoms. The van der Waals surface area contributed by atoms with Crippen LogP contribution in [-0.2, 0) is 9.53 Å². The zero-order chi connectivity index (χ0) is 24.9.